The number of rotatable bonds is 1. The Morgan fingerprint density at radius 1 is 1.57 bits per heavy atom. The summed E-state index contributed by atoms with van der Waals surface area (Å²) in [5, 5.41) is 0. The van der Waals surface area contributed by atoms with Crippen LogP contribution < -0.4 is 4.90 Å². The fourth-order valence-electron chi connectivity index (χ4n) is 1.89. The zero-order valence-electron chi connectivity index (χ0n) is 7.90. The number of morpholine rings is 1. The van der Waals surface area contributed by atoms with Gasteiger partial charge in [0.25, 0.3) is 0 Å². The predicted molar refractivity (Wildman–Crippen MR) is 49.8 cm³/mol. The molecule has 74 valence electrons. The minimum Gasteiger partial charge on any atom is -0.372 e. The van der Waals surface area contributed by atoms with Crippen molar-refractivity contribution in [2.75, 3.05) is 18.1 Å². The van der Waals surface area contributed by atoms with E-state index in [-0.39, 0.29) is 5.95 Å². The van der Waals surface area contributed by atoms with E-state index in [9.17, 15) is 4.39 Å². The van der Waals surface area contributed by atoms with Crippen molar-refractivity contribution in [2.45, 2.75) is 19.1 Å². The van der Waals surface area contributed by atoms with Gasteiger partial charge >= 0.3 is 0 Å². The van der Waals surface area contributed by atoms with Crippen molar-refractivity contribution in [1.82, 2.24) is 4.98 Å². The topological polar surface area (TPSA) is 25.4 Å². The molecule has 2 aliphatic heterocycles. The fourth-order valence-corrected chi connectivity index (χ4v) is 1.89. The first-order valence-corrected chi connectivity index (χ1v) is 4.77. The molecule has 1 unspecified atom stereocenters. The van der Waals surface area contributed by atoms with Crippen LogP contribution in [-0.4, -0.2) is 30.3 Å². The lowest BCUT2D eigenvalue weighted by Crippen LogP contribution is -2.71. The Morgan fingerprint density at radius 2 is 2.43 bits per heavy atom. The van der Waals surface area contributed by atoms with Gasteiger partial charge in [0.1, 0.15) is 5.82 Å². The molecule has 2 aliphatic rings. The van der Waals surface area contributed by atoms with Gasteiger partial charge in [-0.05, 0) is 13.0 Å². The molecule has 2 atom stereocenters. The SMILES string of the molecule is Cc1ccc(N2CC3OC[C@H]32)nc1F. The number of ether oxygens (including phenoxy) is 1. The van der Waals surface area contributed by atoms with Crippen molar-refractivity contribution in [3.05, 3.63) is 23.6 Å². The smallest absolute Gasteiger partial charge is 0.217 e. The van der Waals surface area contributed by atoms with Crippen molar-refractivity contribution in [2.24, 2.45) is 0 Å². The monoisotopic (exact) mass is 194 g/mol. The summed E-state index contributed by atoms with van der Waals surface area (Å²) >= 11 is 0. The molecule has 4 heteroatoms. The summed E-state index contributed by atoms with van der Waals surface area (Å²) in [6.45, 7) is 3.32. The Hall–Kier alpha value is -1.16. The molecule has 0 radical (unpaired) electrons. The lowest BCUT2D eigenvalue weighted by atomic mass is 9.95. The van der Waals surface area contributed by atoms with Gasteiger partial charge in [0.15, 0.2) is 0 Å². The molecule has 2 saturated heterocycles. The first-order chi connectivity index (χ1) is 6.75. The maximum absolute atomic E-state index is 13.2. The minimum absolute atomic E-state index is 0.362. The maximum atomic E-state index is 13.2. The fraction of sp³-hybridized carbons (Fsp3) is 0.500. The van der Waals surface area contributed by atoms with E-state index in [1.165, 1.54) is 0 Å². The number of anilines is 1. The van der Waals surface area contributed by atoms with Crippen LogP contribution in [0, 0.1) is 12.9 Å². The summed E-state index contributed by atoms with van der Waals surface area (Å²) < 4.78 is 18.4. The molecule has 3 nitrogen and oxygen atoms in total. The zero-order valence-corrected chi connectivity index (χ0v) is 7.90. The quantitative estimate of drug-likeness (QED) is 0.626. The Morgan fingerprint density at radius 3 is 2.93 bits per heavy atom. The molecule has 3 heterocycles. The molecule has 0 saturated carbocycles. The van der Waals surface area contributed by atoms with Gasteiger partial charge in [0, 0.05) is 12.1 Å². The van der Waals surface area contributed by atoms with Crippen LogP contribution in [0.25, 0.3) is 0 Å². The molecule has 0 bridgehead atoms. The summed E-state index contributed by atoms with van der Waals surface area (Å²) in [6.07, 6.45) is 0.362. The molecule has 2 fully saturated rings. The van der Waals surface area contributed by atoms with Crippen molar-refractivity contribution < 1.29 is 9.13 Å². The normalized spacial score (nSPS) is 29.1. The van der Waals surface area contributed by atoms with Gasteiger partial charge in [0.05, 0.1) is 18.8 Å². The molecule has 0 N–H and O–H groups in total. The van der Waals surface area contributed by atoms with Gasteiger partial charge in [-0.1, -0.05) is 6.07 Å². The average molecular weight is 194 g/mol. The Labute approximate surface area is 81.5 Å². The van der Waals surface area contributed by atoms with E-state index in [1.54, 1.807) is 13.0 Å². The van der Waals surface area contributed by atoms with Gasteiger partial charge < -0.3 is 9.64 Å². The summed E-state index contributed by atoms with van der Waals surface area (Å²) in [7, 11) is 0. The third kappa shape index (κ3) is 0.973. The number of halogens is 1. The van der Waals surface area contributed by atoms with E-state index in [4.69, 9.17) is 4.74 Å². The standard InChI is InChI=1S/C10H11FN2O/c1-6-2-3-9(12-10(6)11)13-4-8-7(13)5-14-8/h2-3,7-8H,4-5H2,1H3/t7-,8?/m1/s1. The first-order valence-electron chi connectivity index (χ1n) is 4.77. The number of fused-ring (bicyclic) bond motifs is 1. The van der Waals surface area contributed by atoms with Gasteiger partial charge in [-0.25, -0.2) is 4.98 Å². The maximum Gasteiger partial charge on any atom is 0.217 e. The molecular weight excluding hydrogens is 183 g/mol. The number of aromatic nitrogens is 1. The molecule has 0 aromatic carbocycles. The van der Waals surface area contributed by atoms with E-state index in [0.29, 0.717) is 17.7 Å². The van der Waals surface area contributed by atoms with Crippen LogP contribution in [0.1, 0.15) is 5.56 Å². The molecular formula is C10H11FN2O. The summed E-state index contributed by atoms with van der Waals surface area (Å²) in [6, 6.07) is 4.07. The number of pyridine rings is 1. The molecule has 0 aliphatic carbocycles. The van der Waals surface area contributed by atoms with E-state index in [2.05, 4.69) is 9.88 Å². The van der Waals surface area contributed by atoms with Crippen LogP contribution in [0.15, 0.2) is 12.1 Å². The number of nitrogens with zero attached hydrogens (tertiary/aromatic N) is 2. The zero-order chi connectivity index (χ0) is 9.71. The van der Waals surface area contributed by atoms with Crippen molar-refractivity contribution >= 4 is 5.82 Å². The first kappa shape index (κ1) is 8.17. The van der Waals surface area contributed by atoms with Crippen LogP contribution in [0.4, 0.5) is 10.2 Å². The van der Waals surface area contributed by atoms with E-state index in [1.807, 2.05) is 6.07 Å². The minimum atomic E-state index is -0.369. The Kier molecular flexibility index (Phi) is 1.56. The lowest BCUT2D eigenvalue weighted by Gasteiger charge is -2.55. The van der Waals surface area contributed by atoms with Crippen LogP contribution in [0.5, 0.6) is 0 Å². The highest BCUT2D eigenvalue weighted by molar-refractivity contribution is 5.46. The third-order valence-corrected chi connectivity index (χ3v) is 3.00. The molecule has 0 spiro atoms. The highest BCUT2D eigenvalue weighted by Gasteiger charge is 2.47. The van der Waals surface area contributed by atoms with Crippen LogP contribution >= 0.6 is 0 Å². The number of aryl methyl sites for hydroxylation is 1. The van der Waals surface area contributed by atoms with Gasteiger partial charge in [0.2, 0.25) is 5.95 Å². The molecule has 1 aromatic heterocycles. The number of hydrogen-bond donors (Lipinski definition) is 0. The second kappa shape index (κ2) is 2.67. The largest absolute Gasteiger partial charge is 0.372 e. The van der Waals surface area contributed by atoms with Gasteiger partial charge in [-0.3, -0.25) is 0 Å². The molecule has 1 aromatic rings. The Balaban J connectivity index is 1.86. The second-order valence-corrected chi connectivity index (χ2v) is 3.87. The second-order valence-electron chi connectivity index (χ2n) is 3.87. The highest BCUT2D eigenvalue weighted by atomic mass is 19.1. The van der Waals surface area contributed by atoms with Crippen molar-refractivity contribution in [1.29, 1.82) is 0 Å². The van der Waals surface area contributed by atoms with Crippen LogP contribution in [-0.2, 0) is 4.74 Å². The van der Waals surface area contributed by atoms with Crippen molar-refractivity contribution in [3.63, 3.8) is 0 Å². The predicted octanol–water partition coefficient (Wildman–Crippen LogP) is 1.12. The average Bonchev–Trinajstić information content (AvgIpc) is 2.15. The van der Waals surface area contributed by atoms with E-state index < -0.39 is 0 Å². The third-order valence-electron chi connectivity index (χ3n) is 3.00. The van der Waals surface area contributed by atoms with E-state index in [0.717, 1.165) is 19.0 Å². The highest BCUT2D eigenvalue weighted by Crippen LogP contribution is 2.33. The summed E-state index contributed by atoms with van der Waals surface area (Å²) in [5.41, 5.74) is 0.593. The summed E-state index contributed by atoms with van der Waals surface area (Å²) in [5.74, 6) is 0.365. The van der Waals surface area contributed by atoms with Gasteiger partial charge in [-0.2, -0.15) is 4.39 Å². The van der Waals surface area contributed by atoms with E-state index >= 15 is 0 Å². The molecule has 3 rings (SSSR count). The molecule has 0 amide bonds. The van der Waals surface area contributed by atoms with Crippen molar-refractivity contribution in [3.8, 4) is 0 Å². The Bertz CT molecular complexity index is 382. The number of hydrogen-bond acceptors (Lipinski definition) is 3. The van der Waals surface area contributed by atoms with Gasteiger partial charge in [-0.15, -0.1) is 0 Å². The lowest BCUT2D eigenvalue weighted by molar-refractivity contribution is -0.113. The molecule has 14 heavy (non-hydrogen) atoms. The van der Waals surface area contributed by atoms with Crippen LogP contribution in [0.2, 0.25) is 0 Å². The summed E-state index contributed by atoms with van der Waals surface area (Å²) in [4.78, 5) is 6.01. The van der Waals surface area contributed by atoms with Crippen LogP contribution in [0.3, 0.4) is 0 Å².